The molecule has 0 aromatic heterocycles. The van der Waals surface area contributed by atoms with Gasteiger partial charge < -0.3 is 4.90 Å². The van der Waals surface area contributed by atoms with Crippen molar-refractivity contribution in [2.75, 3.05) is 11.4 Å². The fourth-order valence-electron chi connectivity index (χ4n) is 2.22. The van der Waals surface area contributed by atoms with Crippen LogP contribution in [0.15, 0.2) is 24.3 Å². The van der Waals surface area contributed by atoms with Gasteiger partial charge in [0.05, 0.1) is 0 Å². The van der Waals surface area contributed by atoms with Crippen LogP contribution < -0.4 is 4.90 Å². The van der Waals surface area contributed by atoms with Crippen LogP contribution in [0.1, 0.15) is 19.4 Å². The predicted octanol–water partition coefficient (Wildman–Crippen LogP) is 2.84. The molecule has 16 heavy (non-hydrogen) atoms. The minimum absolute atomic E-state index is 0.000617. The Bertz CT molecular complexity index is 403. The van der Waals surface area contributed by atoms with Crippen LogP contribution in [0, 0.1) is 5.92 Å². The Balaban J connectivity index is 2.37. The number of halogens is 1. The normalized spacial score (nSPS) is 21.4. The van der Waals surface area contributed by atoms with Crippen LogP contribution in [0.2, 0.25) is 0 Å². The van der Waals surface area contributed by atoms with Crippen molar-refractivity contribution >= 4 is 23.2 Å². The molecule has 1 aliphatic rings. The molecule has 1 aromatic carbocycles. The summed E-state index contributed by atoms with van der Waals surface area (Å²) in [6, 6.07) is 8.07. The number of para-hydroxylation sites is 1. The van der Waals surface area contributed by atoms with Gasteiger partial charge in [-0.3, -0.25) is 4.79 Å². The van der Waals surface area contributed by atoms with Crippen LogP contribution >= 0.6 is 11.6 Å². The molecular formula is C13H16ClNO. The highest BCUT2D eigenvalue weighted by molar-refractivity contribution is 6.32. The molecule has 2 rings (SSSR count). The van der Waals surface area contributed by atoms with Gasteiger partial charge >= 0.3 is 0 Å². The van der Waals surface area contributed by atoms with E-state index in [2.05, 4.69) is 13.0 Å². The van der Waals surface area contributed by atoms with Gasteiger partial charge in [0.1, 0.15) is 5.38 Å². The molecule has 3 heteroatoms. The summed E-state index contributed by atoms with van der Waals surface area (Å²) < 4.78 is 0. The van der Waals surface area contributed by atoms with Crippen LogP contribution in [-0.2, 0) is 11.2 Å². The first-order valence-electron chi connectivity index (χ1n) is 5.63. The molecule has 2 atom stereocenters. The number of carbonyl (C=O) groups is 1. The zero-order valence-corrected chi connectivity index (χ0v) is 10.4. The monoisotopic (exact) mass is 237 g/mol. The molecule has 0 saturated heterocycles. The highest BCUT2D eigenvalue weighted by Crippen LogP contribution is 2.30. The second kappa shape index (κ2) is 4.46. The Morgan fingerprint density at radius 3 is 2.88 bits per heavy atom. The predicted molar refractivity (Wildman–Crippen MR) is 67.0 cm³/mol. The maximum atomic E-state index is 12.0. The zero-order chi connectivity index (χ0) is 11.7. The summed E-state index contributed by atoms with van der Waals surface area (Å²) in [6.45, 7) is 4.66. The second-order valence-corrected chi connectivity index (χ2v) is 5.16. The summed E-state index contributed by atoms with van der Waals surface area (Å²) >= 11 is 5.88. The summed E-state index contributed by atoms with van der Waals surface area (Å²) in [5, 5.41) is -0.460. The van der Waals surface area contributed by atoms with Gasteiger partial charge in [0.25, 0.3) is 0 Å². The highest BCUT2D eigenvalue weighted by atomic mass is 35.5. The Kier molecular flexibility index (Phi) is 3.20. The van der Waals surface area contributed by atoms with Gasteiger partial charge in [-0.25, -0.2) is 0 Å². The van der Waals surface area contributed by atoms with Gasteiger partial charge in [0.15, 0.2) is 0 Å². The van der Waals surface area contributed by atoms with E-state index in [-0.39, 0.29) is 5.91 Å². The smallest absolute Gasteiger partial charge is 0.244 e. The molecule has 2 unspecified atom stereocenters. The lowest BCUT2D eigenvalue weighted by atomic mass is 9.94. The molecule has 2 nitrogen and oxygen atoms in total. The van der Waals surface area contributed by atoms with E-state index in [1.54, 1.807) is 6.92 Å². The number of alkyl halides is 1. The number of hydrogen-bond donors (Lipinski definition) is 0. The molecule has 0 saturated carbocycles. The molecule has 1 aliphatic heterocycles. The SMILES string of the molecule is CC1Cc2ccccc2N(C(=O)C(C)Cl)C1. The van der Waals surface area contributed by atoms with Crippen molar-refractivity contribution in [1.29, 1.82) is 0 Å². The van der Waals surface area contributed by atoms with Crippen LogP contribution in [-0.4, -0.2) is 17.8 Å². The standard InChI is InChI=1S/C13H16ClNO/c1-9-7-11-5-3-4-6-12(11)15(8-9)13(16)10(2)14/h3-6,9-10H,7-8H2,1-2H3. The molecule has 86 valence electrons. The van der Waals surface area contributed by atoms with E-state index in [1.807, 2.05) is 23.1 Å². The van der Waals surface area contributed by atoms with Gasteiger partial charge in [-0.1, -0.05) is 25.1 Å². The van der Waals surface area contributed by atoms with Gasteiger partial charge in [0.2, 0.25) is 5.91 Å². The van der Waals surface area contributed by atoms with E-state index in [4.69, 9.17) is 11.6 Å². The van der Waals surface area contributed by atoms with E-state index >= 15 is 0 Å². The number of hydrogen-bond acceptors (Lipinski definition) is 1. The Hall–Kier alpha value is -1.02. The number of fused-ring (bicyclic) bond motifs is 1. The third kappa shape index (κ3) is 2.07. The van der Waals surface area contributed by atoms with Crippen molar-refractivity contribution in [2.24, 2.45) is 5.92 Å². The maximum absolute atomic E-state index is 12.0. The zero-order valence-electron chi connectivity index (χ0n) is 9.61. The van der Waals surface area contributed by atoms with E-state index < -0.39 is 5.38 Å². The van der Waals surface area contributed by atoms with E-state index in [1.165, 1.54) is 5.56 Å². The highest BCUT2D eigenvalue weighted by Gasteiger charge is 2.27. The third-order valence-corrected chi connectivity index (χ3v) is 3.14. The van der Waals surface area contributed by atoms with Gasteiger partial charge in [-0.05, 0) is 30.9 Å². The Labute approximate surface area is 101 Å². The molecule has 0 bridgehead atoms. The average Bonchev–Trinajstić information content (AvgIpc) is 2.26. The summed E-state index contributed by atoms with van der Waals surface area (Å²) in [4.78, 5) is 13.8. The van der Waals surface area contributed by atoms with Crippen LogP contribution in [0.3, 0.4) is 0 Å². The first kappa shape index (κ1) is 11.5. The molecule has 1 heterocycles. The summed E-state index contributed by atoms with van der Waals surface area (Å²) in [6.07, 6.45) is 1.04. The lowest BCUT2D eigenvalue weighted by molar-refractivity contribution is -0.118. The minimum Gasteiger partial charge on any atom is -0.311 e. The van der Waals surface area contributed by atoms with Crippen LogP contribution in [0.4, 0.5) is 5.69 Å². The van der Waals surface area contributed by atoms with Gasteiger partial charge in [-0.2, -0.15) is 0 Å². The largest absolute Gasteiger partial charge is 0.311 e. The molecule has 0 N–H and O–H groups in total. The van der Waals surface area contributed by atoms with E-state index in [9.17, 15) is 4.79 Å². The fourth-order valence-corrected chi connectivity index (χ4v) is 2.34. The number of benzene rings is 1. The van der Waals surface area contributed by atoms with Crippen molar-refractivity contribution in [3.05, 3.63) is 29.8 Å². The molecular weight excluding hydrogens is 222 g/mol. The summed E-state index contributed by atoms with van der Waals surface area (Å²) in [7, 11) is 0. The van der Waals surface area contributed by atoms with Crippen molar-refractivity contribution in [2.45, 2.75) is 25.6 Å². The topological polar surface area (TPSA) is 20.3 Å². The van der Waals surface area contributed by atoms with E-state index in [0.717, 1.165) is 18.7 Å². The number of nitrogens with zero attached hydrogens (tertiary/aromatic N) is 1. The second-order valence-electron chi connectivity index (χ2n) is 4.50. The molecule has 0 spiro atoms. The maximum Gasteiger partial charge on any atom is 0.244 e. The van der Waals surface area contributed by atoms with Crippen LogP contribution in [0.5, 0.6) is 0 Å². The first-order valence-corrected chi connectivity index (χ1v) is 6.06. The molecule has 1 aromatic rings. The number of rotatable bonds is 1. The summed E-state index contributed by atoms with van der Waals surface area (Å²) in [5.74, 6) is 0.495. The summed E-state index contributed by atoms with van der Waals surface area (Å²) in [5.41, 5.74) is 2.27. The van der Waals surface area contributed by atoms with Crippen LogP contribution in [0.25, 0.3) is 0 Å². The van der Waals surface area contributed by atoms with Crippen molar-refractivity contribution in [3.63, 3.8) is 0 Å². The minimum atomic E-state index is -0.460. The molecule has 1 amide bonds. The fraction of sp³-hybridized carbons (Fsp3) is 0.462. The Morgan fingerprint density at radius 1 is 1.50 bits per heavy atom. The lowest BCUT2D eigenvalue weighted by Crippen LogP contribution is -2.42. The lowest BCUT2D eigenvalue weighted by Gasteiger charge is -2.33. The third-order valence-electron chi connectivity index (χ3n) is 2.95. The van der Waals surface area contributed by atoms with Gasteiger partial charge in [-0.15, -0.1) is 11.6 Å². The first-order chi connectivity index (χ1) is 7.59. The Morgan fingerprint density at radius 2 is 2.19 bits per heavy atom. The van der Waals surface area contributed by atoms with E-state index in [0.29, 0.717) is 5.92 Å². The number of anilines is 1. The van der Waals surface area contributed by atoms with Crippen molar-refractivity contribution in [3.8, 4) is 0 Å². The number of carbonyl (C=O) groups excluding carboxylic acids is 1. The molecule has 0 aliphatic carbocycles. The van der Waals surface area contributed by atoms with Gasteiger partial charge in [0, 0.05) is 12.2 Å². The number of amides is 1. The molecule has 0 fully saturated rings. The quantitative estimate of drug-likeness (QED) is 0.688. The van der Waals surface area contributed by atoms with Crippen molar-refractivity contribution < 1.29 is 4.79 Å². The molecule has 0 radical (unpaired) electrons. The average molecular weight is 238 g/mol. The van der Waals surface area contributed by atoms with Crippen molar-refractivity contribution in [1.82, 2.24) is 0 Å².